The fourth-order valence-corrected chi connectivity index (χ4v) is 1.28. The molecule has 2 aromatic heterocycles. The number of hydrogen-bond donors (Lipinski definition) is 3. The summed E-state index contributed by atoms with van der Waals surface area (Å²) in [4.78, 5) is 3.93. The average Bonchev–Trinajstić information content (AvgIpc) is 2.75. The Hall–Kier alpha value is -2.12. The normalized spacial score (nSPS) is 12.7. The summed E-state index contributed by atoms with van der Waals surface area (Å²) >= 11 is 0. The number of nitrogen functional groups attached to an aromatic ring is 1. The number of nitrogens with one attached hydrogen (secondary N) is 2. The highest BCUT2D eigenvalue weighted by Crippen LogP contribution is 2.13. The number of H-pyrrole nitrogens is 1. The van der Waals surface area contributed by atoms with E-state index in [4.69, 9.17) is 5.73 Å². The van der Waals surface area contributed by atoms with Crippen LogP contribution in [0.25, 0.3) is 0 Å². The molecule has 0 aliphatic rings. The topological polar surface area (TPSA) is 110 Å². The summed E-state index contributed by atoms with van der Waals surface area (Å²) in [5, 5.41) is 17.2. The van der Waals surface area contributed by atoms with Gasteiger partial charge in [0.05, 0.1) is 6.04 Å². The molecule has 80 valence electrons. The van der Waals surface area contributed by atoms with E-state index in [-0.39, 0.29) is 12.0 Å². The standard InChI is InChI=1S/C7H12N8/c1-4(5-12-9-3-15(5)2)10-7-11-6(8)13-14-7/h3-4H,1-2H3,(H4,8,10,11,13,14). The molecule has 0 bridgehead atoms. The van der Waals surface area contributed by atoms with Crippen molar-refractivity contribution in [2.24, 2.45) is 7.05 Å². The van der Waals surface area contributed by atoms with Gasteiger partial charge < -0.3 is 15.6 Å². The molecule has 2 heterocycles. The van der Waals surface area contributed by atoms with Gasteiger partial charge in [0.25, 0.3) is 0 Å². The average molecular weight is 208 g/mol. The minimum atomic E-state index is -0.0345. The third-order valence-electron chi connectivity index (χ3n) is 1.98. The van der Waals surface area contributed by atoms with Gasteiger partial charge in [-0.25, -0.2) is 5.10 Å². The Morgan fingerprint density at radius 1 is 1.60 bits per heavy atom. The van der Waals surface area contributed by atoms with E-state index in [0.29, 0.717) is 5.95 Å². The molecule has 0 aliphatic heterocycles. The maximum atomic E-state index is 5.40. The van der Waals surface area contributed by atoms with Crippen LogP contribution in [0.3, 0.4) is 0 Å². The predicted octanol–water partition coefficient (Wildman–Crippen LogP) is -0.312. The first-order valence-electron chi connectivity index (χ1n) is 4.45. The van der Waals surface area contributed by atoms with Gasteiger partial charge in [-0.2, -0.15) is 4.98 Å². The predicted molar refractivity (Wildman–Crippen MR) is 53.8 cm³/mol. The molecule has 0 aromatic carbocycles. The van der Waals surface area contributed by atoms with Crippen LogP contribution in [0.1, 0.15) is 18.8 Å². The van der Waals surface area contributed by atoms with Crippen LogP contribution in [0.4, 0.5) is 11.9 Å². The Morgan fingerprint density at radius 2 is 2.40 bits per heavy atom. The Labute approximate surface area is 85.9 Å². The van der Waals surface area contributed by atoms with E-state index in [0.717, 1.165) is 5.82 Å². The molecule has 1 atom stereocenters. The summed E-state index contributed by atoms with van der Waals surface area (Å²) in [6.07, 6.45) is 1.64. The Morgan fingerprint density at radius 3 is 2.93 bits per heavy atom. The molecular formula is C7H12N8. The molecule has 0 amide bonds. The lowest BCUT2D eigenvalue weighted by molar-refractivity contribution is 0.713. The number of hydrogen-bond acceptors (Lipinski definition) is 6. The second-order valence-corrected chi connectivity index (χ2v) is 3.21. The van der Waals surface area contributed by atoms with Crippen molar-refractivity contribution in [3.63, 3.8) is 0 Å². The molecule has 8 heteroatoms. The number of nitrogens with two attached hydrogens (primary N) is 1. The van der Waals surface area contributed by atoms with E-state index >= 15 is 0 Å². The number of rotatable bonds is 3. The second-order valence-electron chi connectivity index (χ2n) is 3.21. The quantitative estimate of drug-likeness (QED) is 0.638. The lowest BCUT2D eigenvalue weighted by atomic mass is 10.3. The van der Waals surface area contributed by atoms with Crippen molar-refractivity contribution in [1.82, 2.24) is 29.9 Å². The Bertz CT molecular complexity index is 443. The van der Waals surface area contributed by atoms with E-state index in [1.165, 1.54) is 0 Å². The lowest BCUT2D eigenvalue weighted by Gasteiger charge is -2.10. The molecule has 15 heavy (non-hydrogen) atoms. The van der Waals surface area contributed by atoms with Crippen molar-refractivity contribution < 1.29 is 0 Å². The zero-order valence-electron chi connectivity index (χ0n) is 8.47. The maximum Gasteiger partial charge on any atom is 0.244 e. The first-order chi connectivity index (χ1) is 7.16. The molecule has 0 saturated heterocycles. The maximum absolute atomic E-state index is 5.40. The molecule has 8 nitrogen and oxygen atoms in total. The van der Waals surface area contributed by atoms with Crippen LogP contribution in [0.5, 0.6) is 0 Å². The van der Waals surface area contributed by atoms with Crippen LogP contribution in [-0.2, 0) is 7.05 Å². The summed E-state index contributed by atoms with van der Waals surface area (Å²) in [7, 11) is 1.87. The molecule has 0 radical (unpaired) electrons. The number of nitrogens with zero attached hydrogens (tertiary/aromatic N) is 5. The lowest BCUT2D eigenvalue weighted by Crippen LogP contribution is -2.12. The SMILES string of the molecule is CC(Nc1n[nH]c(N)n1)c1nncn1C. The van der Waals surface area contributed by atoms with Gasteiger partial charge >= 0.3 is 0 Å². The van der Waals surface area contributed by atoms with E-state index in [9.17, 15) is 0 Å². The highest BCUT2D eigenvalue weighted by molar-refractivity contribution is 5.31. The zero-order valence-corrected chi connectivity index (χ0v) is 8.47. The van der Waals surface area contributed by atoms with Crippen molar-refractivity contribution in [2.45, 2.75) is 13.0 Å². The van der Waals surface area contributed by atoms with Gasteiger partial charge in [-0.3, -0.25) is 0 Å². The van der Waals surface area contributed by atoms with E-state index in [1.807, 2.05) is 18.5 Å². The number of aromatic nitrogens is 6. The third-order valence-corrected chi connectivity index (χ3v) is 1.98. The highest BCUT2D eigenvalue weighted by Gasteiger charge is 2.12. The molecule has 1 unspecified atom stereocenters. The first kappa shape index (κ1) is 9.44. The van der Waals surface area contributed by atoms with Crippen LogP contribution in [0.2, 0.25) is 0 Å². The number of anilines is 2. The summed E-state index contributed by atoms with van der Waals surface area (Å²) in [5.74, 6) is 1.53. The van der Waals surface area contributed by atoms with Crippen molar-refractivity contribution in [3.8, 4) is 0 Å². The van der Waals surface area contributed by atoms with Crippen LogP contribution < -0.4 is 11.1 Å². The van der Waals surface area contributed by atoms with Gasteiger partial charge in [0.2, 0.25) is 11.9 Å². The fourth-order valence-electron chi connectivity index (χ4n) is 1.28. The van der Waals surface area contributed by atoms with Gasteiger partial charge in [-0.05, 0) is 6.92 Å². The Kier molecular flexibility index (Phi) is 2.24. The summed E-state index contributed by atoms with van der Waals surface area (Å²) in [6.45, 7) is 1.94. The second kappa shape index (κ2) is 3.56. The van der Waals surface area contributed by atoms with Crippen LogP contribution >= 0.6 is 0 Å². The van der Waals surface area contributed by atoms with Crippen LogP contribution in [0.15, 0.2) is 6.33 Å². The molecule has 2 aromatic rings. The molecule has 0 aliphatic carbocycles. The van der Waals surface area contributed by atoms with Crippen molar-refractivity contribution >= 4 is 11.9 Å². The Balaban J connectivity index is 2.10. The largest absolute Gasteiger partial charge is 0.368 e. The molecular weight excluding hydrogens is 196 g/mol. The van der Waals surface area contributed by atoms with Gasteiger partial charge in [-0.15, -0.1) is 15.3 Å². The molecule has 0 saturated carbocycles. The zero-order chi connectivity index (χ0) is 10.8. The molecule has 0 fully saturated rings. The van der Waals surface area contributed by atoms with Crippen LogP contribution in [-0.4, -0.2) is 29.9 Å². The van der Waals surface area contributed by atoms with Gasteiger partial charge in [-0.1, -0.05) is 0 Å². The van der Waals surface area contributed by atoms with E-state index in [1.54, 1.807) is 6.33 Å². The summed E-state index contributed by atoms with van der Waals surface area (Å²) < 4.78 is 1.83. The van der Waals surface area contributed by atoms with Crippen molar-refractivity contribution in [3.05, 3.63) is 12.2 Å². The minimum Gasteiger partial charge on any atom is -0.368 e. The summed E-state index contributed by atoms with van der Waals surface area (Å²) in [5.41, 5.74) is 5.40. The fraction of sp³-hybridized carbons (Fsp3) is 0.429. The van der Waals surface area contributed by atoms with E-state index < -0.39 is 0 Å². The van der Waals surface area contributed by atoms with Crippen molar-refractivity contribution in [1.29, 1.82) is 0 Å². The highest BCUT2D eigenvalue weighted by atomic mass is 15.3. The molecule has 0 spiro atoms. The molecule has 2 rings (SSSR count). The van der Waals surface area contributed by atoms with Gasteiger partial charge in [0, 0.05) is 7.05 Å². The monoisotopic (exact) mass is 208 g/mol. The number of aryl methyl sites for hydroxylation is 1. The van der Waals surface area contributed by atoms with Gasteiger partial charge in [0.15, 0.2) is 5.82 Å². The minimum absolute atomic E-state index is 0.0345. The van der Waals surface area contributed by atoms with Gasteiger partial charge in [0.1, 0.15) is 6.33 Å². The van der Waals surface area contributed by atoms with E-state index in [2.05, 4.69) is 30.7 Å². The van der Waals surface area contributed by atoms with Crippen molar-refractivity contribution in [2.75, 3.05) is 11.1 Å². The molecule has 4 N–H and O–H groups in total. The first-order valence-corrected chi connectivity index (χ1v) is 4.45. The van der Waals surface area contributed by atoms with Crippen LogP contribution in [0, 0.1) is 0 Å². The summed E-state index contributed by atoms with van der Waals surface area (Å²) in [6, 6.07) is -0.0345. The third kappa shape index (κ3) is 1.87. The smallest absolute Gasteiger partial charge is 0.244 e. The number of aromatic amines is 1.